The Morgan fingerprint density at radius 1 is 1.14 bits per heavy atom. The third-order valence-electron chi connectivity index (χ3n) is 4.09. The fraction of sp³-hybridized carbons (Fsp3) is 0.471. The zero-order chi connectivity index (χ0) is 16.3. The summed E-state index contributed by atoms with van der Waals surface area (Å²) in [6, 6.07) is 5.80. The first-order valence-electron chi connectivity index (χ1n) is 7.60. The minimum absolute atomic E-state index is 0.170. The van der Waals surface area contributed by atoms with Gasteiger partial charge in [0.1, 0.15) is 0 Å². The van der Waals surface area contributed by atoms with Gasteiger partial charge in [-0.1, -0.05) is 6.07 Å². The van der Waals surface area contributed by atoms with E-state index in [4.69, 9.17) is 0 Å². The molecule has 5 nitrogen and oxygen atoms in total. The van der Waals surface area contributed by atoms with Crippen LogP contribution in [-0.2, 0) is 0 Å². The summed E-state index contributed by atoms with van der Waals surface area (Å²) in [5.74, 6) is 0.170. The highest BCUT2D eigenvalue weighted by Gasteiger charge is 2.36. The highest BCUT2D eigenvalue weighted by Crippen LogP contribution is 2.29. The first kappa shape index (κ1) is 16.5. The third-order valence-corrected chi connectivity index (χ3v) is 4.09. The number of nitrogens with zero attached hydrogens (tertiary/aromatic N) is 3. The molecule has 0 bridgehead atoms. The molecule has 120 valence electrons. The fourth-order valence-corrected chi connectivity index (χ4v) is 2.70. The van der Waals surface area contributed by atoms with Gasteiger partial charge in [0.2, 0.25) is 11.9 Å². The van der Waals surface area contributed by atoms with E-state index in [0.29, 0.717) is 6.54 Å². The summed E-state index contributed by atoms with van der Waals surface area (Å²) in [5.41, 5.74) is 2.51. The second kappa shape index (κ2) is 6.94. The van der Waals surface area contributed by atoms with Gasteiger partial charge in [-0.05, 0) is 40.9 Å². The molecule has 5 heteroatoms. The first-order valence-corrected chi connectivity index (χ1v) is 7.60. The van der Waals surface area contributed by atoms with Gasteiger partial charge < -0.3 is 20.0 Å². The lowest BCUT2D eigenvalue weighted by Gasteiger charge is -2.33. The molecule has 0 aromatic carbocycles. The number of hydrogen-bond donors (Lipinski definition) is 2. The highest BCUT2D eigenvalue weighted by molar-refractivity contribution is 5.55. The van der Waals surface area contributed by atoms with Gasteiger partial charge in [0.25, 0.3) is 0 Å². The average molecular weight is 304 g/mol. The molecular formula is C17H26N3O2+. The normalized spacial score (nSPS) is 19.4. The van der Waals surface area contributed by atoms with Crippen molar-refractivity contribution in [2.75, 3.05) is 27.2 Å². The number of allylic oxidation sites excluding steroid dienone is 2. The third kappa shape index (κ3) is 3.31. The van der Waals surface area contributed by atoms with Gasteiger partial charge in [0.15, 0.2) is 18.3 Å². The van der Waals surface area contributed by atoms with E-state index in [1.165, 1.54) is 0 Å². The van der Waals surface area contributed by atoms with E-state index in [9.17, 15) is 10.2 Å². The van der Waals surface area contributed by atoms with Crippen molar-refractivity contribution < 1.29 is 14.8 Å². The zero-order valence-electron chi connectivity index (χ0n) is 13.8. The van der Waals surface area contributed by atoms with E-state index in [-0.39, 0.29) is 5.88 Å². The van der Waals surface area contributed by atoms with Crippen molar-refractivity contribution in [3.8, 4) is 0 Å². The molecule has 0 amide bonds. The summed E-state index contributed by atoms with van der Waals surface area (Å²) in [7, 11) is 4.03. The maximum absolute atomic E-state index is 10.7. The number of aliphatic hydroxyl groups is 2. The highest BCUT2D eigenvalue weighted by atomic mass is 16.3. The maximum Gasteiger partial charge on any atom is 0.240 e. The van der Waals surface area contributed by atoms with Crippen LogP contribution in [0.1, 0.15) is 20.3 Å². The first-order chi connectivity index (χ1) is 10.4. The van der Waals surface area contributed by atoms with Crippen LogP contribution in [0.25, 0.3) is 5.70 Å². The number of aromatic nitrogens is 1. The number of rotatable bonds is 5. The van der Waals surface area contributed by atoms with Crippen molar-refractivity contribution in [1.29, 1.82) is 0 Å². The van der Waals surface area contributed by atoms with Crippen molar-refractivity contribution in [3.63, 3.8) is 0 Å². The molecule has 22 heavy (non-hydrogen) atoms. The Hall–Kier alpha value is -1.85. The molecule has 1 aliphatic heterocycles. The lowest BCUT2D eigenvalue weighted by molar-refractivity contribution is -0.589. The Morgan fingerprint density at radius 2 is 1.77 bits per heavy atom. The monoisotopic (exact) mass is 304 g/mol. The van der Waals surface area contributed by atoms with Crippen molar-refractivity contribution >= 4 is 5.70 Å². The molecule has 0 fully saturated rings. The Labute approximate surface area is 132 Å². The molecule has 0 saturated heterocycles. The second-order valence-electron chi connectivity index (χ2n) is 5.97. The molecule has 1 atom stereocenters. The molecule has 0 saturated carbocycles. The van der Waals surface area contributed by atoms with E-state index in [1.807, 2.05) is 63.1 Å². The topological polar surface area (TPSA) is 50.8 Å². The predicted octanol–water partition coefficient (Wildman–Crippen LogP) is 1.58. The van der Waals surface area contributed by atoms with E-state index < -0.39 is 6.23 Å². The van der Waals surface area contributed by atoms with Gasteiger partial charge in [-0.25, -0.2) is 0 Å². The van der Waals surface area contributed by atoms with Crippen molar-refractivity contribution in [3.05, 3.63) is 47.6 Å². The Balaban J connectivity index is 2.30. The van der Waals surface area contributed by atoms with Crippen LogP contribution in [0.2, 0.25) is 0 Å². The van der Waals surface area contributed by atoms with E-state index >= 15 is 0 Å². The van der Waals surface area contributed by atoms with Gasteiger partial charge in [-0.2, -0.15) is 4.57 Å². The maximum atomic E-state index is 10.7. The number of pyridine rings is 1. The number of hydrogen-bond acceptors (Lipinski definition) is 4. The van der Waals surface area contributed by atoms with Crippen LogP contribution in [0, 0.1) is 0 Å². The van der Waals surface area contributed by atoms with Crippen LogP contribution >= 0.6 is 0 Å². The molecule has 2 heterocycles. The summed E-state index contributed by atoms with van der Waals surface area (Å²) in [5, 5.41) is 21.1. The lowest BCUT2D eigenvalue weighted by Crippen LogP contribution is -2.49. The summed E-state index contributed by atoms with van der Waals surface area (Å²) in [6.45, 7) is 5.33. The van der Waals surface area contributed by atoms with E-state index in [0.717, 1.165) is 29.8 Å². The largest absolute Gasteiger partial charge is 0.494 e. The van der Waals surface area contributed by atoms with Crippen LogP contribution in [0.5, 0.6) is 0 Å². The van der Waals surface area contributed by atoms with Crippen molar-refractivity contribution in [2.45, 2.75) is 26.5 Å². The molecule has 1 aromatic rings. The average Bonchev–Trinajstić information content (AvgIpc) is 2.49. The summed E-state index contributed by atoms with van der Waals surface area (Å²) >= 11 is 0. The van der Waals surface area contributed by atoms with Crippen LogP contribution in [0.4, 0.5) is 0 Å². The van der Waals surface area contributed by atoms with Gasteiger partial charge in [-0.15, -0.1) is 0 Å². The van der Waals surface area contributed by atoms with Crippen molar-refractivity contribution in [2.24, 2.45) is 0 Å². The SMILES string of the molecule is CC1=C(O)N(CCCN(C)C)C(O)C([n+]2ccccc2)=C1C. The second-order valence-corrected chi connectivity index (χ2v) is 5.97. The molecule has 0 spiro atoms. The lowest BCUT2D eigenvalue weighted by atomic mass is 10.0. The molecular weight excluding hydrogens is 278 g/mol. The summed E-state index contributed by atoms with van der Waals surface area (Å²) in [4.78, 5) is 3.76. The Bertz CT molecular complexity index is 579. The van der Waals surface area contributed by atoms with Crippen LogP contribution in [-0.4, -0.2) is 53.4 Å². The van der Waals surface area contributed by atoms with Gasteiger partial charge >= 0.3 is 0 Å². The molecule has 0 aliphatic carbocycles. The van der Waals surface area contributed by atoms with E-state index in [2.05, 4.69) is 4.90 Å². The Morgan fingerprint density at radius 3 is 2.36 bits per heavy atom. The Kier molecular flexibility index (Phi) is 5.21. The van der Waals surface area contributed by atoms with Crippen LogP contribution < -0.4 is 4.57 Å². The predicted molar refractivity (Wildman–Crippen MR) is 86.7 cm³/mol. The smallest absolute Gasteiger partial charge is 0.240 e. The number of aliphatic hydroxyl groups excluding tert-OH is 2. The minimum atomic E-state index is -0.849. The zero-order valence-corrected chi connectivity index (χ0v) is 13.8. The molecule has 2 N–H and O–H groups in total. The molecule has 0 radical (unpaired) electrons. The molecule has 2 rings (SSSR count). The fourth-order valence-electron chi connectivity index (χ4n) is 2.70. The van der Waals surface area contributed by atoms with Crippen LogP contribution in [0.3, 0.4) is 0 Å². The summed E-state index contributed by atoms with van der Waals surface area (Å²) < 4.78 is 1.91. The molecule has 1 aliphatic rings. The minimum Gasteiger partial charge on any atom is -0.494 e. The van der Waals surface area contributed by atoms with Crippen molar-refractivity contribution in [1.82, 2.24) is 9.80 Å². The molecule has 1 unspecified atom stereocenters. The van der Waals surface area contributed by atoms with Gasteiger partial charge in [0, 0.05) is 29.8 Å². The van der Waals surface area contributed by atoms with Crippen LogP contribution in [0.15, 0.2) is 47.6 Å². The standard InChI is InChI=1S/C17H25N3O2/c1-13-14(2)16(21)20(12-8-9-18(3)4)17(22)15(13)19-10-6-5-7-11-19/h5-7,10-11,17,22H,8-9,12H2,1-4H3/p+1. The van der Waals surface area contributed by atoms with E-state index in [1.54, 1.807) is 4.90 Å². The summed E-state index contributed by atoms with van der Waals surface area (Å²) in [6.07, 6.45) is 3.84. The quantitative estimate of drug-likeness (QED) is 0.811. The molecule has 1 aromatic heterocycles. The van der Waals surface area contributed by atoms with Gasteiger partial charge in [-0.3, -0.25) is 0 Å². The van der Waals surface area contributed by atoms with Gasteiger partial charge in [0.05, 0.1) is 0 Å².